The third kappa shape index (κ3) is 4.28. The summed E-state index contributed by atoms with van der Waals surface area (Å²) in [5.74, 6) is -0.302. The number of ether oxygens (including phenoxy) is 1. The largest absolute Gasteiger partial charge is 0.457 e. The van der Waals surface area contributed by atoms with Gasteiger partial charge in [-0.05, 0) is 49.9 Å². The van der Waals surface area contributed by atoms with Crippen LogP contribution in [0.2, 0.25) is 0 Å². The van der Waals surface area contributed by atoms with Crippen LogP contribution in [0.5, 0.6) is 0 Å². The summed E-state index contributed by atoms with van der Waals surface area (Å²) in [7, 11) is 0. The van der Waals surface area contributed by atoms with E-state index in [1.807, 2.05) is 4.68 Å². The van der Waals surface area contributed by atoms with Crippen molar-refractivity contribution >= 4 is 5.97 Å². The van der Waals surface area contributed by atoms with Crippen LogP contribution in [0.1, 0.15) is 59.6 Å². The Bertz CT molecular complexity index is 713. The monoisotopic (exact) mass is 339 g/mol. The van der Waals surface area contributed by atoms with Gasteiger partial charge in [0.2, 0.25) is 0 Å². The van der Waals surface area contributed by atoms with Crippen LogP contribution in [-0.4, -0.2) is 33.7 Å². The predicted molar refractivity (Wildman–Crippen MR) is 95.2 cm³/mol. The average Bonchev–Trinajstić information content (AvgIpc) is 3.38. The number of rotatable bonds is 6. The fourth-order valence-corrected chi connectivity index (χ4v) is 3.33. The van der Waals surface area contributed by atoms with Gasteiger partial charge in [-0.2, -0.15) is 5.10 Å². The first-order valence-corrected chi connectivity index (χ1v) is 9.29. The van der Waals surface area contributed by atoms with E-state index in [4.69, 9.17) is 4.74 Å². The lowest BCUT2D eigenvalue weighted by molar-refractivity contribution is 0.0472. The molecule has 2 heterocycles. The first kappa shape index (κ1) is 16.3. The second-order valence-corrected chi connectivity index (χ2v) is 7.17. The Morgan fingerprint density at radius 3 is 2.52 bits per heavy atom. The van der Waals surface area contributed by atoms with Crippen LogP contribution in [0, 0.1) is 0 Å². The Morgan fingerprint density at radius 1 is 1.08 bits per heavy atom. The third-order valence-corrected chi connectivity index (χ3v) is 5.01. The highest BCUT2D eigenvalue weighted by Crippen LogP contribution is 2.34. The molecule has 1 aliphatic heterocycles. The number of piperidine rings is 1. The molecule has 0 bridgehead atoms. The number of hydrogen-bond acceptors (Lipinski definition) is 4. The molecule has 0 radical (unpaired) electrons. The summed E-state index contributed by atoms with van der Waals surface area (Å²) in [6.45, 7) is 3.72. The fraction of sp³-hybridized carbons (Fsp3) is 0.500. The summed E-state index contributed by atoms with van der Waals surface area (Å²) >= 11 is 0. The summed E-state index contributed by atoms with van der Waals surface area (Å²) in [5.41, 5.74) is 2.88. The average molecular weight is 339 g/mol. The number of hydrogen-bond donors (Lipinski definition) is 0. The lowest BCUT2D eigenvalue weighted by Gasteiger charge is -2.26. The zero-order chi connectivity index (χ0) is 17.1. The molecule has 0 unspecified atom stereocenters. The van der Waals surface area contributed by atoms with E-state index in [1.165, 1.54) is 37.9 Å². The highest BCUT2D eigenvalue weighted by atomic mass is 16.5. The molecule has 1 saturated carbocycles. The molecule has 2 aromatic rings. The molecule has 1 aromatic carbocycles. The standard InChI is InChI=1S/C20H25N3O2/c24-20(18-12-21-23(14-18)19-8-9-19)25-15-17-6-4-16(5-7-17)13-22-10-2-1-3-11-22/h4-7,12,14,19H,1-3,8-11,13,15H2. The first-order valence-electron chi connectivity index (χ1n) is 9.29. The fourth-order valence-electron chi connectivity index (χ4n) is 3.33. The van der Waals surface area contributed by atoms with Crippen LogP contribution >= 0.6 is 0 Å². The Kier molecular flexibility index (Phi) is 4.83. The van der Waals surface area contributed by atoms with Crippen LogP contribution in [0.4, 0.5) is 0 Å². The molecule has 0 N–H and O–H groups in total. The molecule has 132 valence electrons. The van der Waals surface area contributed by atoms with Gasteiger partial charge in [-0.1, -0.05) is 30.7 Å². The minimum Gasteiger partial charge on any atom is -0.457 e. The van der Waals surface area contributed by atoms with Crippen molar-refractivity contribution < 1.29 is 9.53 Å². The van der Waals surface area contributed by atoms with Gasteiger partial charge >= 0.3 is 5.97 Å². The normalized spacial score (nSPS) is 18.2. The highest BCUT2D eigenvalue weighted by Gasteiger charge is 2.25. The SMILES string of the molecule is O=C(OCc1ccc(CN2CCCCC2)cc1)c1cnn(C2CC2)c1. The minimum atomic E-state index is -0.302. The van der Waals surface area contributed by atoms with Crippen molar-refractivity contribution in [2.75, 3.05) is 13.1 Å². The van der Waals surface area contributed by atoms with E-state index in [9.17, 15) is 4.79 Å². The molecule has 5 nitrogen and oxygen atoms in total. The Morgan fingerprint density at radius 2 is 1.80 bits per heavy atom. The number of nitrogens with zero attached hydrogens (tertiary/aromatic N) is 3. The minimum absolute atomic E-state index is 0.302. The van der Waals surface area contributed by atoms with Crippen LogP contribution in [0.3, 0.4) is 0 Å². The van der Waals surface area contributed by atoms with Crippen molar-refractivity contribution in [3.63, 3.8) is 0 Å². The second kappa shape index (κ2) is 7.40. The number of carbonyl (C=O) groups is 1. The van der Waals surface area contributed by atoms with Crippen molar-refractivity contribution in [2.45, 2.75) is 51.3 Å². The van der Waals surface area contributed by atoms with Gasteiger partial charge < -0.3 is 4.74 Å². The van der Waals surface area contributed by atoms with Crippen molar-refractivity contribution in [2.24, 2.45) is 0 Å². The van der Waals surface area contributed by atoms with E-state index < -0.39 is 0 Å². The van der Waals surface area contributed by atoms with Crippen LogP contribution in [0.15, 0.2) is 36.7 Å². The van der Waals surface area contributed by atoms with Gasteiger partial charge in [0.05, 0.1) is 17.8 Å². The maximum absolute atomic E-state index is 12.1. The zero-order valence-corrected chi connectivity index (χ0v) is 14.6. The molecule has 25 heavy (non-hydrogen) atoms. The van der Waals surface area contributed by atoms with Gasteiger partial charge in [-0.15, -0.1) is 0 Å². The number of carbonyl (C=O) groups excluding carboxylic acids is 1. The second-order valence-electron chi connectivity index (χ2n) is 7.17. The molecule has 2 fully saturated rings. The molecule has 4 rings (SSSR count). The van der Waals surface area contributed by atoms with Crippen molar-refractivity contribution in [1.82, 2.24) is 14.7 Å². The summed E-state index contributed by atoms with van der Waals surface area (Å²) in [4.78, 5) is 14.6. The van der Waals surface area contributed by atoms with E-state index >= 15 is 0 Å². The number of likely N-dealkylation sites (tertiary alicyclic amines) is 1. The molecule has 1 aromatic heterocycles. The summed E-state index contributed by atoms with van der Waals surface area (Å²) in [6.07, 6.45) is 9.68. The first-order chi connectivity index (χ1) is 12.3. The highest BCUT2D eigenvalue weighted by molar-refractivity contribution is 5.88. The van der Waals surface area contributed by atoms with Crippen LogP contribution in [-0.2, 0) is 17.9 Å². The van der Waals surface area contributed by atoms with E-state index in [0.29, 0.717) is 18.2 Å². The van der Waals surface area contributed by atoms with Gasteiger partial charge in [0.25, 0.3) is 0 Å². The molecule has 5 heteroatoms. The van der Waals surface area contributed by atoms with Crippen LogP contribution < -0.4 is 0 Å². The molecule has 0 spiro atoms. The van der Waals surface area contributed by atoms with Gasteiger partial charge in [0, 0.05) is 12.7 Å². The maximum Gasteiger partial charge on any atom is 0.341 e. The Labute approximate surface area is 148 Å². The van der Waals surface area contributed by atoms with E-state index in [-0.39, 0.29) is 5.97 Å². The third-order valence-electron chi connectivity index (χ3n) is 5.01. The number of esters is 1. The maximum atomic E-state index is 12.1. The number of benzene rings is 1. The zero-order valence-electron chi connectivity index (χ0n) is 14.6. The van der Waals surface area contributed by atoms with Crippen molar-refractivity contribution in [3.05, 3.63) is 53.3 Å². The van der Waals surface area contributed by atoms with Gasteiger partial charge in [0.15, 0.2) is 0 Å². The van der Waals surface area contributed by atoms with Crippen LogP contribution in [0.25, 0.3) is 0 Å². The molecule has 0 amide bonds. The lowest BCUT2D eigenvalue weighted by atomic mass is 10.1. The van der Waals surface area contributed by atoms with E-state index in [1.54, 1.807) is 12.4 Å². The molecular formula is C20H25N3O2. The van der Waals surface area contributed by atoms with Gasteiger partial charge in [-0.25, -0.2) is 4.79 Å². The molecule has 2 aliphatic rings. The Hall–Kier alpha value is -2.14. The van der Waals surface area contributed by atoms with E-state index in [2.05, 4.69) is 34.3 Å². The topological polar surface area (TPSA) is 47.4 Å². The quantitative estimate of drug-likeness (QED) is 0.755. The smallest absolute Gasteiger partial charge is 0.341 e. The number of aromatic nitrogens is 2. The summed E-state index contributed by atoms with van der Waals surface area (Å²) in [5, 5.41) is 4.23. The molecule has 0 atom stereocenters. The molecule has 1 aliphatic carbocycles. The Balaban J connectivity index is 1.27. The molecule has 1 saturated heterocycles. The van der Waals surface area contributed by atoms with Gasteiger partial charge in [0.1, 0.15) is 6.61 Å². The lowest BCUT2D eigenvalue weighted by Crippen LogP contribution is -2.29. The predicted octanol–water partition coefficient (Wildman–Crippen LogP) is 3.56. The summed E-state index contributed by atoms with van der Waals surface area (Å²) < 4.78 is 7.28. The van der Waals surface area contributed by atoms with Crippen molar-refractivity contribution in [3.8, 4) is 0 Å². The van der Waals surface area contributed by atoms with Crippen molar-refractivity contribution in [1.29, 1.82) is 0 Å². The molecular weight excluding hydrogens is 314 g/mol. The van der Waals surface area contributed by atoms with E-state index in [0.717, 1.165) is 24.9 Å². The van der Waals surface area contributed by atoms with Gasteiger partial charge in [-0.3, -0.25) is 9.58 Å². The summed E-state index contributed by atoms with van der Waals surface area (Å²) in [6, 6.07) is 8.88.